The molecule has 4 N–H and O–H groups in total. The number of hydrogen-bond donors (Lipinski definition) is 2. The van der Waals surface area contributed by atoms with Gasteiger partial charge in [0.1, 0.15) is 6.04 Å². The number of rotatable bonds is 3. The number of sulfonamides is 2. The lowest BCUT2D eigenvalue weighted by molar-refractivity contribution is 0.596. The molecule has 23 heavy (non-hydrogen) atoms. The van der Waals surface area contributed by atoms with Gasteiger partial charge in [-0.25, -0.2) is 27.1 Å². The van der Waals surface area contributed by atoms with Crippen molar-refractivity contribution < 1.29 is 16.8 Å². The lowest BCUT2D eigenvalue weighted by Crippen LogP contribution is -2.12. The summed E-state index contributed by atoms with van der Waals surface area (Å²) in [6, 6.07) is 7.17. The maximum absolute atomic E-state index is 11.5. The van der Waals surface area contributed by atoms with Gasteiger partial charge in [-0.1, -0.05) is 17.3 Å². The Balaban J connectivity index is 2.27. The Morgan fingerprint density at radius 3 is 1.48 bits per heavy atom. The van der Waals surface area contributed by atoms with Gasteiger partial charge in [-0.3, -0.25) is 0 Å². The van der Waals surface area contributed by atoms with E-state index in [-0.39, 0.29) is 9.79 Å². The van der Waals surface area contributed by atoms with Crippen LogP contribution in [0.4, 0.5) is 0 Å². The molecular weight excluding hydrogens is 342 g/mol. The van der Waals surface area contributed by atoms with Gasteiger partial charge in [-0.2, -0.15) is 0 Å². The smallest absolute Gasteiger partial charge is 0.225 e. The summed E-state index contributed by atoms with van der Waals surface area (Å²) in [7, 11) is -7.87. The van der Waals surface area contributed by atoms with E-state index in [9.17, 15) is 21.7 Å². The van der Waals surface area contributed by atoms with E-state index in [1.807, 2.05) is 0 Å². The topological polar surface area (TPSA) is 150 Å². The van der Waals surface area contributed by atoms with Crippen molar-refractivity contribution in [3.05, 3.63) is 52.4 Å². The lowest BCUT2D eigenvalue weighted by atomic mass is 10.1. The van der Waals surface area contributed by atoms with E-state index in [0.717, 1.165) is 0 Å². The summed E-state index contributed by atoms with van der Waals surface area (Å²) in [6.45, 7) is 0. The van der Waals surface area contributed by atoms with Gasteiger partial charge in [0.15, 0.2) is 0 Å². The predicted octanol–water partition coefficient (Wildman–Crippen LogP) is 0.818. The first kappa shape index (κ1) is 15.7. The van der Waals surface area contributed by atoms with Crippen molar-refractivity contribution in [3.63, 3.8) is 0 Å². The summed E-state index contributed by atoms with van der Waals surface area (Å²) in [5.41, 5.74) is 1.90. The summed E-state index contributed by atoms with van der Waals surface area (Å²) in [5, 5.41) is 13.2. The highest BCUT2D eigenvalue weighted by Crippen LogP contribution is 2.46. The fourth-order valence-corrected chi connectivity index (χ4v) is 3.76. The zero-order valence-corrected chi connectivity index (χ0v) is 13.1. The minimum Gasteiger partial charge on any atom is -0.225 e. The number of hydrogen-bond acceptors (Lipinski definition) is 6. The van der Waals surface area contributed by atoms with Crippen molar-refractivity contribution in [2.24, 2.45) is 15.5 Å². The molecule has 1 aliphatic rings. The Hall–Kier alpha value is -2.14. The molecule has 3 rings (SSSR count). The summed E-state index contributed by atoms with van der Waals surface area (Å²) in [5.74, 6) is 0. The van der Waals surface area contributed by atoms with E-state index >= 15 is 0 Å². The zero-order chi connectivity index (χ0) is 17.0. The minimum absolute atomic E-state index is 0.149. The minimum atomic E-state index is -3.93. The quantitative estimate of drug-likeness (QED) is 0.783. The maximum Gasteiger partial charge on any atom is 0.238 e. The molecule has 2 aromatic rings. The van der Waals surface area contributed by atoms with Crippen LogP contribution in [0.25, 0.3) is 11.1 Å². The normalized spacial score (nSPS) is 14.3. The second kappa shape index (κ2) is 4.93. The van der Waals surface area contributed by atoms with Crippen LogP contribution >= 0.6 is 0 Å². The van der Waals surface area contributed by atoms with Gasteiger partial charge >= 0.3 is 0 Å². The average molecular weight is 353 g/mol. The molecule has 0 unspecified atom stereocenters. The van der Waals surface area contributed by atoms with Crippen molar-refractivity contribution >= 4 is 20.0 Å². The maximum atomic E-state index is 11.5. The van der Waals surface area contributed by atoms with Crippen LogP contribution in [0, 0.1) is 4.91 Å². The van der Waals surface area contributed by atoms with E-state index in [2.05, 4.69) is 5.18 Å². The second-order valence-corrected chi connectivity index (χ2v) is 8.22. The number of fused-ring (bicyclic) bond motifs is 3. The van der Waals surface area contributed by atoms with Crippen LogP contribution in [-0.2, 0) is 20.0 Å². The first-order valence-electron chi connectivity index (χ1n) is 6.29. The Bertz CT molecular complexity index is 964. The third-order valence-electron chi connectivity index (χ3n) is 3.69. The van der Waals surface area contributed by atoms with Crippen molar-refractivity contribution in [2.75, 3.05) is 0 Å². The molecule has 0 bridgehead atoms. The Labute approximate surface area is 132 Å². The predicted molar refractivity (Wildman–Crippen MR) is 82.3 cm³/mol. The van der Waals surface area contributed by atoms with Gasteiger partial charge in [0.05, 0.1) is 9.79 Å². The third-order valence-corrected chi connectivity index (χ3v) is 5.51. The summed E-state index contributed by atoms with van der Waals surface area (Å²) in [6.07, 6.45) is 0. The van der Waals surface area contributed by atoms with Crippen molar-refractivity contribution in [1.29, 1.82) is 0 Å². The molecule has 1 aliphatic carbocycles. The number of nitrogens with zero attached hydrogens (tertiary/aromatic N) is 1. The second-order valence-electron chi connectivity index (χ2n) is 5.10. The van der Waals surface area contributed by atoms with Crippen LogP contribution in [0.1, 0.15) is 17.2 Å². The van der Waals surface area contributed by atoms with E-state index in [1.165, 1.54) is 36.4 Å². The van der Waals surface area contributed by atoms with Crippen LogP contribution in [0.3, 0.4) is 0 Å². The van der Waals surface area contributed by atoms with E-state index in [0.29, 0.717) is 22.3 Å². The number of primary sulfonamides is 2. The SMILES string of the molecule is NS(=O)(=O)c1ccc2c(c1)C(N=O)c1cc(S(N)(=O)=O)ccc1-2. The molecule has 10 heteroatoms. The van der Waals surface area contributed by atoms with E-state index in [1.54, 1.807) is 0 Å². The fraction of sp³-hybridized carbons (Fsp3) is 0.0769. The molecular formula is C13H11N3O5S2. The van der Waals surface area contributed by atoms with Crippen LogP contribution in [0.15, 0.2) is 51.4 Å². The average Bonchev–Trinajstić information content (AvgIpc) is 2.77. The molecule has 0 radical (unpaired) electrons. The number of nitroso groups, excluding NO2 is 1. The fourth-order valence-electron chi connectivity index (χ4n) is 2.66. The largest absolute Gasteiger partial charge is 0.238 e. The summed E-state index contributed by atoms with van der Waals surface area (Å²) >= 11 is 0. The Morgan fingerprint density at radius 1 is 0.783 bits per heavy atom. The van der Waals surface area contributed by atoms with Crippen molar-refractivity contribution in [1.82, 2.24) is 0 Å². The molecule has 0 atom stereocenters. The number of nitrogens with two attached hydrogens (primary N) is 2. The highest BCUT2D eigenvalue weighted by molar-refractivity contribution is 7.89. The van der Waals surface area contributed by atoms with Crippen LogP contribution in [0.2, 0.25) is 0 Å². The Kier molecular flexibility index (Phi) is 3.37. The standard InChI is InChI=1S/C13H11N3O5S2/c14-22(18,19)7-1-3-9-10-4-2-8(23(15,20)21)6-12(10)13(16-17)11(9)5-7/h1-6,13H,(H2,14,18,19)(H2,15,20,21). The molecule has 0 aromatic heterocycles. The van der Waals surface area contributed by atoms with Crippen LogP contribution < -0.4 is 10.3 Å². The Morgan fingerprint density at radius 2 is 1.17 bits per heavy atom. The van der Waals surface area contributed by atoms with Gasteiger partial charge in [-0.05, 0) is 46.5 Å². The van der Waals surface area contributed by atoms with Gasteiger partial charge in [-0.15, -0.1) is 4.91 Å². The van der Waals surface area contributed by atoms with Gasteiger partial charge in [0.25, 0.3) is 0 Å². The van der Waals surface area contributed by atoms with Crippen molar-refractivity contribution in [2.45, 2.75) is 15.8 Å². The monoisotopic (exact) mass is 353 g/mol. The van der Waals surface area contributed by atoms with Crippen molar-refractivity contribution in [3.8, 4) is 11.1 Å². The van der Waals surface area contributed by atoms with Crippen LogP contribution in [-0.4, -0.2) is 16.8 Å². The first-order valence-corrected chi connectivity index (χ1v) is 9.38. The highest BCUT2D eigenvalue weighted by atomic mass is 32.2. The molecule has 8 nitrogen and oxygen atoms in total. The molecule has 2 aromatic carbocycles. The van der Waals surface area contributed by atoms with Gasteiger partial charge in [0, 0.05) is 0 Å². The molecule has 120 valence electrons. The third kappa shape index (κ3) is 2.55. The number of benzene rings is 2. The summed E-state index contributed by atoms with van der Waals surface area (Å²) in [4.78, 5) is 10.9. The van der Waals surface area contributed by atoms with Gasteiger partial charge < -0.3 is 0 Å². The molecule has 0 aliphatic heterocycles. The lowest BCUT2D eigenvalue weighted by Gasteiger charge is -2.06. The zero-order valence-electron chi connectivity index (χ0n) is 11.5. The molecule has 0 heterocycles. The van der Waals surface area contributed by atoms with E-state index in [4.69, 9.17) is 10.3 Å². The van der Waals surface area contributed by atoms with Crippen LogP contribution in [0.5, 0.6) is 0 Å². The molecule has 0 amide bonds. The first-order chi connectivity index (χ1) is 10.6. The summed E-state index contributed by atoms with van der Waals surface area (Å²) < 4.78 is 45.8. The molecule has 0 saturated heterocycles. The van der Waals surface area contributed by atoms with E-state index < -0.39 is 26.1 Å². The van der Waals surface area contributed by atoms with Gasteiger partial charge in [0.2, 0.25) is 20.0 Å². The molecule has 0 fully saturated rings. The molecule has 0 saturated carbocycles. The highest BCUT2D eigenvalue weighted by Gasteiger charge is 2.32. The molecule has 0 spiro atoms.